The fourth-order valence-electron chi connectivity index (χ4n) is 3.03. The summed E-state index contributed by atoms with van der Waals surface area (Å²) < 4.78 is 16.0. The van der Waals surface area contributed by atoms with E-state index < -0.39 is 5.97 Å². The minimum Gasteiger partial charge on any atom is -0.462 e. The van der Waals surface area contributed by atoms with Gasteiger partial charge in [0, 0.05) is 30.3 Å². The number of nitrogens with zero attached hydrogens (tertiary/aromatic N) is 2. The number of esters is 1. The topological polar surface area (TPSA) is 99.6 Å². The number of carbonyl (C=O) groups is 2. The molecule has 1 amide bonds. The van der Waals surface area contributed by atoms with Gasteiger partial charge in [0.1, 0.15) is 5.03 Å². The van der Waals surface area contributed by atoms with Crippen LogP contribution in [0.15, 0.2) is 66.1 Å². The summed E-state index contributed by atoms with van der Waals surface area (Å²) >= 11 is 1.18. The number of hydrogen-bond acceptors (Lipinski definition) is 8. The van der Waals surface area contributed by atoms with Gasteiger partial charge in [-0.15, -0.1) is 0 Å². The lowest BCUT2D eigenvalue weighted by Gasteiger charge is -2.09. The first-order valence-electron chi connectivity index (χ1n) is 10.0. The van der Waals surface area contributed by atoms with Crippen LogP contribution in [0.4, 0.5) is 5.69 Å². The molecule has 0 bridgehead atoms. The number of anilines is 1. The molecule has 1 aliphatic rings. The Bertz CT molecular complexity index is 1090. The zero-order valence-corrected chi connectivity index (χ0v) is 18.0. The van der Waals surface area contributed by atoms with Crippen LogP contribution in [0.1, 0.15) is 22.3 Å². The Balaban J connectivity index is 1.27. The number of aromatic nitrogens is 2. The molecule has 0 atom stereocenters. The molecule has 4 rings (SSSR count). The summed E-state index contributed by atoms with van der Waals surface area (Å²) in [5.41, 5.74) is 2.04. The van der Waals surface area contributed by atoms with Crippen LogP contribution < -0.4 is 14.8 Å². The van der Waals surface area contributed by atoms with Gasteiger partial charge in [0.05, 0.1) is 17.9 Å². The molecule has 1 N–H and O–H groups in total. The maximum Gasteiger partial charge on any atom is 0.340 e. The molecule has 8 nitrogen and oxygen atoms in total. The van der Waals surface area contributed by atoms with Gasteiger partial charge in [-0.05, 0) is 48.7 Å². The van der Waals surface area contributed by atoms with Crippen molar-refractivity contribution in [2.45, 2.75) is 17.9 Å². The van der Waals surface area contributed by atoms with Crippen molar-refractivity contribution in [2.75, 3.05) is 24.5 Å². The number of aryl methyl sites for hydroxylation is 1. The Hall–Kier alpha value is -3.59. The standard InChI is InChI=1S/C23H21N3O5S/c27-21(26-17-7-8-19-20(12-17)31-15-30-19)14-32-22-18(6-2-10-25-22)23(28)29-11-3-5-16-4-1-9-24-13-16/h1-2,4,6-10,12-13H,3,5,11,14-15H2,(H,26,27). The molecule has 0 radical (unpaired) electrons. The van der Waals surface area contributed by atoms with Gasteiger partial charge in [-0.1, -0.05) is 17.8 Å². The average Bonchev–Trinajstić information content (AvgIpc) is 3.29. The van der Waals surface area contributed by atoms with Crippen LogP contribution >= 0.6 is 11.8 Å². The monoisotopic (exact) mass is 451 g/mol. The van der Waals surface area contributed by atoms with E-state index in [-0.39, 0.29) is 25.1 Å². The number of fused-ring (bicyclic) bond motifs is 1. The quantitative estimate of drug-likeness (QED) is 0.299. The predicted octanol–water partition coefficient (Wildman–Crippen LogP) is 3.73. The van der Waals surface area contributed by atoms with Gasteiger partial charge in [-0.2, -0.15) is 0 Å². The predicted molar refractivity (Wildman–Crippen MR) is 119 cm³/mol. The maximum absolute atomic E-state index is 12.5. The van der Waals surface area contributed by atoms with E-state index >= 15 is 0 Å². The molecule has 1 aromatic carbocycles. The third-order valence-electron chi connectivity index (χ3n) is 4.55. The molecular formula is C23H21N3O5S. The van der Waals surface area contributed by atoms with Crippen LogP contribution in [0, 0.1) is 0 Å². The lowest BCUT2D eigenvalue weighted by molar-refractivity contribution is -0.113. The summed E-state index contributed by atoms with van der Waals surface area (Å²) in [6, 6.07) is 12.4. The maximum atomic E-state index is 12.5. The Kier molecular flexibility index (Phi) is 7.19. The highest BCUT2D eigenvalue weighted by atomic mass is 32.2. The summed E-state index contributed by atoms with van der Waals surface area (Å²) in [7, 11) is 0. The van der Waals surface area contributed by atoms with Crippen LogP contribution in [0.2, 0.25) is 0 Å². The molecule has 0 unspecified atom stereocenters. The minimum atomic E-state index is -0.456. The zero-order valence-electron chi connectivity index (χ0n) is 17.2. The number of benzene rings is 1. The Morgan fingerprint density at radius 1 is 1.09 bits per heavy atom. The molecule has 0 saturated carbocycles. The molecule has 3 heterocycles. The summed E-state index contributed by atoms with van der Waals surface area (Å²) in [6.07, 6.45) is 6.57. The van der Waals surface area contributed by atoms with E-state index in [2.05, 4.69) is 15.3 Å². The van der Waals surface area contributed by atoms with Crippen molar-refractivity contribution in [3.63, 3.8) is 0 Å². The van der Waals surface area contributed by atoms with Crippen molar-refractivity contribution in [3.8, 4) is 11.5 Å². The molecule has 32 heavy (non-hydrogen) atoms. The highest BCUT2D eigenvalue weighted by molar-refractivity contribution is 8.00. The Labute approximate surface area is 189 Å². The van der Waals surface area contributed by atoms with Gasteiger partial charge in [0.2, 0.25) is 12.7 Å². The van der Waals surface area contributed by atoms with Gasteiger partial charge in [-0.3, -0.25) is 9.78 Å². The number of pyridine rings is 2. The number of amides is 1. The fourth-order valence-corrected chi connectivity index (χ4v) is 3.81. The molecule has 0 spiro atoms. The largest absolute Gasteiger partial charge is 0.462 e. The van der Waals surface area contributed by atoms with Crippen molar-refractivity contribution >= 4 is 29.3 Å². The second-order valence-electron chi connectivity index (χ2n) is 6.86. The van der Waals surface area contributed by atoms with E-state index in [1.165, 1.54) is 11.8 Å². The molecule has 3 aromatic rings. The van der Waals surface area contributed by atoms with Gasteiger partial charge < -0.3 is 19.5 Å². The summed E-state index contributed by atoms with van der Waals surface area (Å²) in [5.74, 6) is 0.647. The van der Waals surface area contributed by atoms with Crippen molar-refractivity contribution in [1.29, 1.82) is 0 Å². The smallest absolute Gasteiger partial charge is 0.340 e. The number of nitrogens with one attached hydrogen (secondary N) is 1. The molecule has 9 heteroatoms. The van der Waals surface area contributed by atoms with E-state index in [0.717, 1.165) is 12.0 Å². The van der Waals surface area contributed by atoms with Crippen molar-refractivity contribution < 1.29 is 23.8 Å². The number of rotatable bonds is 9. The number of hydrogen-bond donors (Lipinski definition) is 1. The van der Waals surface area contributed by atoms with E-state index in [4.69, 9.17) is 14.2 Å². The van der Waals surface area contributed by atoms with Crippen molar-refractivity contribution in [3.05, 3.63) is 72.2 Å². The third kappa shape index (κ3) is 5.76. The lowest BCUT2D eigenvalue weighted by atomic mass is 10.2. The molecule has 164 valence electrons. The first-order chi connectivity index (χ1) is 15.7. The summed E-state index contributed by atoms with van der Waals surface area (Å²) in [6.45, 7) is 0.460. The fraction of sp³-hybridized carbons (Fsp3) is 0.217. The van der Waals surface area contributed by atoms with Gasteiger partial charge in [0.15, 0.2) is 11.5 Å². The van der Waals surface area contributed by atoms with Gasteiger partial charge in [-0.25, -0.2) is 9.78 Å². The van der Waals surface area contributed by atoms with E-state index in [9.17, 15) is 9.59 Å². The molecular weight excluding hydrogens is 430 g/mol. The molecule has 0 fully saturated rings. The molecule has 2 aromatic heterocycles. The van der Waals surface area contributed by atoms with Crippen LogP contribution in [0.25, 0.3) is 0 Å². The molecule has 0 saturated heterocycles. The highest BCUT2D eigenvalue weighted by Crippen LogP contribution is 2.34. The van der Waals surface area contributed by atoms with Gasteiger partial charge in [0.25, 0.3) is 0 Å². The van der Waals surface area contributed by atoms with Crippen molar-refractivity contribution in [1.82, 2.24) is 9.97 Å². The second kappa shape index (κ2) is 10.6. The number of thioether (sulfide) groups is 1. The average molecular weight is 452 g/mol. The zero-order chi connectivity index (χ0) is 22.2. The first kappa shape index (κ1) is 21.6. The van der Waals surface area contributed by atoms with Crippen LogP contribution in [-0.4, -0.2) is 41.0 Å². The highest BCUT2D eigenvalue weighted by Gasteiger charge is 2.17. The SMILES string of the molecule is O=C(CSc1ncccc1C(=O)OCCCc1cccnc1)Nc1ccc2c(c1)OCO2. The first-order valence-corrected chi connectivity index (χ1v) is 11.0. The van der Waals surface area contributed by atoms with E-state index in [0.29, 0.717) is 34.2 Å². The number of ether oxygens (including phenoxy) is 3. The second-order valence-corrected chi connectivity index (χ2v) is 7.83. The Morgan fingerprint density at radius 2 is 1.97 bits per heavy atom. The van der Waals surface area contributed by atoms with Crippen molar-refractivity contribution in [2.24, 2.45) is 0 Å². The minimum absolute atomic E-state index is 0.0900. The molecule has 1 aliphatic heterocycles. The summed E-state index contributed by atoms with van der Waals surface area (Å²) in [4.78, 5) is 33.2. The van der Waals surface area contributed by atoms with Gasteiger partial charge >= 0.3 is 5.97 Å². The van der Waals surface area contributed by atoms with Crippen LogP contribution in [-0.2, 0) is 16.0 Å². The van der Waals surface area contributed by atoms with Crippen LogP contribution in [0.5, 0.6) is 11.5 Å². The molecule has 0 aliphatic carbocycles. The third-order valence-corrected chi connectivity index (χ3v) is 5.56. The Morgan fingerprint density at radius 3 is 2.84 bits per heavy atom. The summed E-state index contributed by atoms with van der Waals surface area (Å²) in [5, 5.41) is 3.25. The number of carbonyl (C=O) groups excluding carboxylic acids is 2. The van der Waals surface area contributed by atoms with E-state index in [1.807, 2.05) is 12.1 Å². The lowest BCUT2D eigenvalue weighted by Crippen LogP contribution is -2.15. The van der Waals surface area contributed by atoms with Crippen LogP contribution in [0.3, 0.4) is 0 Å². The van der Waals surface area contributed by atoms with E-state index in [1.54, 1.807) is 48.9 Å². The normalized spacial score (nSPS) is 11.8.